The fourth-order valence-corrected chi connectivity index (χ4v) is 0.361. The average molecular weight is 173 g/mol. The molecule has 0 aliphatic carbocycles. The van der Waals surface area contributed by atoms with E-state index in [9.17, 15) is 4.79 Å². The smallest absolute Gasteiger partial charge is 0.302 e. The molecule has 0 amide bonds. The first-order valence-corrected chi connectivity index (χ1v) is 3.80. The van der Waals surface area contributed by atoms with E-state index in [0.717, 1.165) is 0 Å². The van der Waals surface area contributed by atoms with E-state index in [-0.39, 0.29) is 12.6 Å². The topological polar surface area (TPSA) is 70.3 Å². The highest BCUT2D eigenvalue weighted by molar-refractivity contribution is 5.65. The number of unbranched alkanes of at least 4 members (excludes halogenated alkanes) is 1. The highest BCUT2D eigenvalue weighted by Gasteiger charge is 1.81. The SMILES string of the molecule is CCOC(C)=O.N#CCCCO. The van der Waals surface area contributed by atoms with Gasteiger partial charge in [0.2, 0.25) is 0 Å². The molecule has 0 heterocycles. The van der Waals surface area contributed by atoms with Gasteiger partial charge in [0, 0.05) is 20.0 Å². The normalized spacial score (nSPS) is 7.50. The van der Waals surface area contributed by atoms with Crippen molar-refractivity contribution in [1.82, 2.24) is 0 Å². The number of hydrogen-bond acceptors (Lipinski definition) is 4. The highest BCUT2D eigenvalue weighted by atomic mass is 16.5. The highest BCUT2D eigenvalue weighted by Crippen LogP contribution is 1.79. The second-order valence-electron chi connectivity index (χ2n) is 1.91. The standard InChI is InChI=1S/C4H7NO.C4H8O2/c5-3-1-2-4-6;1-3-6-4(2)5/h6H,1-2,4H2;3H2,1-2H3. The maximum Gasteiger partial charge on any atom is 0.302 e. The maximum atomic E-state index is 9.82. The van der Waals surface area contributed by atoms with E-state index in [1.54, 1.807) is 6.92 Å². The zero-order valence-corrected chi connectivity index (χ0v) is 7.54. The molecule has 0 bridgehead atoms. The Morgan fingerprint density at radius 2 is 2.25 bits per heavy atom. The van der Waals surface area contributed by atoms with Gasteiger partial charge in [-0.25, -0.2) is 0 Å². The fourth-order valence-electron chi connectivity index (χ4n) is 0.361. The van der Waals surface area contributed by atoms with Crippen molar-refractivity contribution in [1.29, 1.82) is 5.26 Å². The van der Waals surface area contributed by atoms with E-state index < -0.39 is 0 Å². The van der Waals surface area contributed by atoms with Crippen LogP contribution in [0.15, 0.2) is 0 Å². The summed E-state index contributed by atoms with van der Waals surface area (Å²) in [6.07, 6.45) is 1.08. The monoisotopic (exact) mass is 173 g/mol. The van der Waals surface area contributed by atoms with Gasteiger partial charge in [0.25, 0.3) is 0 Å². The number of carbonyl (C=O) groups is 1. The van der Waals surface area contributed by atoms with Crippen molar-refractivity contribution in [3.8, 4) is 6.07 Å². The van der Waals surface area contributed by atoms with Crippen molar-refractivity contribution in [3.05, 3.63) is 0 Å². The minimum Gasteiger partial charge on any atom is -0.466 e. The molecular weight excluding hydrogens is 158 g/mol. The summed E-state index contributed by atoms with van der Waals surface area (Å²) in [6, 6.07) is 1.91. The lowest BCUT2D eigenvalue weighted by Gasteiger charge is -1.89. The molecule has 1 N–H and O–H groups in total. The largest absolute Gasteiger partial charge is 0.466 e. The lowest BCUT2D eigenvalue weighted by molar-refractivity contribution is -0.140. The lowest BCUT2D eigenvalue weighted by Crippen LogP contribution is -1.95. The summed E-state index contributed by atoms with van der Waals surface area (Å²) < 4.78 is 4.40. The van der Waals surface area contributed by atoms with E-state index in [4.69, 9.17) is 10.4 Å². The van der Waals surface area contributed by atoms with Crippen LogP contribution >= 0.6 is 0 Å². The van der Waals surface area contributed by atoms with Crippen LogP contribution in [0.1, 0.15) is 26.7 Å². The minimum atomic E-state index is -0.211. The van der Waals surface area contributed by atoms with Gasteiger partial charge in [0.05, 0.1) is 12.7 Å². The number of nitrogens with zero attached hydrogens (tertiary/aromatic N) is 1. The molecule has 0 saturated carbocycles. The van der Waals surface area contributed by atoms with E-state index in [1.807, 2.05) is 6.07 Å². The Hall–Kier alpha value is -1.08. The molecule has 12 heavy (non-hydrogen) atoms. The second-order valence-corrected chi connectivity index (χ2v) is 1.91. The van der Waals surface area contributed by atoms with Crippen molar-refractivity contribution in [3.63, 3.8) is 0 Å². The molecule has 4 nitrogen and oxygen atoms in total. The van der Waals surface area contributed by atoms with E-state index in [1.165, 1.54) is 6.92 Å². The maximum absolute atomic E-state index is 9.82. The van der Waals surface area contributed by atoms with Crippen LogP contribution in [0.4, 0.5) is 0 Å². The van der Waals surface area contributed by atoms with Crippen molar-refractivity contribution in [2.24, 2.45) is 0 Å². The number of rotatable bonds is 3. The summed E-state index contributed by atoms with van der Waals surface area (Å²) in [4.78, 5) is 9.82. The number of aliphatic hydroxyl groups excluding tert-OH is 1. The molecule has 0 aromatic heterocycles. The zero-order valence-electron chi connectivity index (χ0n) is 7.54. The van der Waals surface area contributed by atoms with Crippen LogP contribution in [-0.4, -0.2) is 24.3 Å². The summed E-state index contributed by atoms with van der Waals surface area (Å²) in [6.45, 7) is 3.79. The summed E-state index contributed by atoms with van der Waals surface area (Å²) in [5.74, 6) is -0.211. The zero-order chi connectivity index (χ0) is 9.82. The van der Waals surface area contributed by atoms with Crippen LogP contribution < -0.4 is 0 Å². The van der Waals surface area contributed by atoms with Crippen LogP contribution in [0.2, 0.25) is 0 Å². The molecule has 70 valence electrons. The molecule has 0 aliphatic heterocycles. The van der Waals surface area contributed by atoms with Gasteiger partial charge in [-0.2, -0.15) is 5.26 Å². The van der Waals surface area contributed by atoms with Crippen LogP contribution in [0.5, 0.6) is 0 Å². The molecule has 0 atom stereocenters. The number of nitriles is 1. The molecule has 4 heteroatoms. The Balaban J connectivity index is 0. The Morgan fingerprint density at radius 1 is 1.67 bits per heavy atom. The Bertz CT molecular complexity index is 140. The van der Waals surface area contributed by atoms with Gasteiger partial charge < -0.3 is 9.84 Å². The fraction of sp³-hybridized carbons (Fsp3) is 0.750. The molecule has 0 rings (SSSR count). The van der Waals surface area contributed by atoms with Gasteiger partial charge in [0.1, 0.15) is 0 Å². The third-order valence-electron chi connectivity index (χ3n) is 0.794. The summed E-state index contributed by atoms with van der Waals surface area (Å²) >= 11 is 0. The van der Waals surface area contributed by atoms with Gasteiger partial charge in [-0.15, -0.1) is 0 Å². The number of ether oxygens (including phenoxy) is 1. The quantitative estimate of drug-likeness (QED) is 0.507. The third kappa shape index (κ3) is 23.1. The Labute approximate surface area is 72.8 Å². The van der Waals surface area contributed by atoms with Crippen LogP contribution in [0.25, 0.3) is 0 Å². The molecule has 0 aromatic carbocycles. The van der Waals surface area contributed by atoms with Gasteiger partial charge in [-0.05, 0) is 13.3 Å². The molecule has 0 aliphatic rings. The molecule has 0 radical (unpaired) electrons. The van der Waals surface area contributed by atoms with Gasteiger partial charge in [-0.1, -0.05) is 0 Å². The number of aliphatic hydroxyl groups is 1. The molecule has 0 saturated heterocycles. The molecule has 0 fully saturated rings. The Kier molecular flexibility index (Phi) is 14.2. The van der Waals surface area contributed by atoms with Crippen molar-refractivity contribution < 1.29 is 14.6 Å². The van der Waals surface area contributed by atoms with Gasteiger partial charge >= 0.3 is 5.97 Å². The summed E-state index contributed by atoms with van der Waals surface area (Å²) in [7, 11) is 0. The first kappa shape index (κ1) is 13.5. The predicted molar refractivity (Wildman–Crippen MR) is 44.2 cm³/mol. The predicted octanol–water partition coefficient (Wildman–Crippen LogP) is 0.852. The van der Waals surface area contributed by atoms with Gasteiger partial charge in [-0.3, -0.25) is 4.79 Å². The first-order valence-electron chi connectivity index (χ1n) is 3.80. The number of esters is 1. The molecule has 0 unspecified atom stereocenters. The van der Waals surface area contributed by atoms with Crippen molar-refractivity contribution in [2.45, 2.75) is 26.7 Å². The van der Waals surface area contributed by atoms with Crippen LogP contribution in [0, 0.1) is 11.3 Å². The average Bonchev–Trinajstić information content (AvgIpc) is 2.02. The van der Waals surface area contributed by atoms with E-state index >= 15 is 0 Å². The number of hydrogen-bond donors (Lipinski definition) is 1. The van der Waals surface area contributed by atoms with E-state index in [0.29, 0.717) is 19.4 Å². The summed E-state index contributed by atoms with van der Waals surface area (Å²) in [5, 5.41) is 15.9. The first-order chi connectivity index (χ1) is 5.68. The third-order valence-corrected chi connectivity index (χ3v) is 0.794. The molecule has 0 aromatic rings. The lowest BCUT2D eigenvalue weighted by atomic mass is 10.4. The van der Waals surface area contributed by atoms with E-state index in [2.05, 4.69) is 4.74 Å². The summed E-state index contributed by atoms with van der Waals surface area (Å²) in [5.41, 5.74) is 0. The van der Waals surface area contributed by atoms with Crippen molar-refractivity contribution in [2.75, 3.05) is 13.2 Å². The Morgan fingerprint density at radius 3 is 2.33 bits per heavy atom. The molecular formula is C8H15NO3. The van der Waals surface area contributed by atoms with Gasteiger partial charge in [0.15, 0.2) is 0 Å². The van der Waals surface area contributed by atoms with Crippen LogP contribution in [0.3, 0.4) is 0 Å². The van der Waals surface area contributed by atoms with Crippen molar-refractivity contribution >= 4 is 5.97 Å². The number of carbonyl (C=O) groups excluding carboxylic acids is 1. The second kappa shape index (κ2) is 12.6. The van der Waals surface area contributed by atoms with Crippen LogP contribution in [-0.2, 0) is 9.53 Å². The minimum absolute atomic E-state index is 0.133. The molecule has 0 spiro atoms.